The van der Waals surface area contributed by atoms with Gasteiger partial charge in [0.1, 0.15) is 0 Å². The summed E-state index contributed by atoms with van der Waals surface area (Å²) in [6.45, 7) is 0. The Kier molecular flexibility index (Phi) is 4.17. The van der Waals surface area contributed by atoms with Crippen LogP contribution in [0.2, 0.25) is 5.02 Å². The van der Waals surface area contributed by atoms with Crippen LogP contribution >= 0.6 is 27.5 Å². The normalized spacial score (nSPS) is 10.5. The lowest BCUT2D eigenvalue weighted by molar-refractivity contribution is -0.134. The minimum atomic E-state index is -0.392. The zero-order valence-corrected chi connectivity index (χ0v) is 9.80. The first-order chi connectivity index (χ1) is 6.63. The molecule has 0 saturated carbocycles. The molecule has 0 saturated heterocycles. The third-order valence-corrected chi connectivity index (χ3v) is 2.52. The number of ether oxygens (including phenoxy) is 1. The van der Waals surface area contributed by atoms with Gasteiger partial charge in [-0.3, -0.25) is 0 Å². The van der Waals surface area contributed by atoms with Crippen LogP contribution in [-0.2, 0) is 9.53 Å². The first-order valence-electron chi connectivity index (χ1n) is 3.84. The van der Waals surface area contributed by atoms with Crippen molar-refractivity contribution in [1.29, 1.82) is 0 Å². The molecule has 0 amide bonds. The van der Waals surface area contributed by atoms with E-state index in [0.29, 0.717) is 5.02 Å². The van der Waals surface area contributed by atoms with Crippen LogP contribution in [0.25, 0.3) is 6.08 Å². The molecule has 4 heteroatoms. The van der Waals surface area contributed by atoms with Gasteiger partial charge in [-0.15, -0.1) is 0 Å². The Hall–Kier alpha value is -0.800. The molecule has 0 aliphatic carbocycles. The fourth-order valence-corrected chi connectivity index (χ4v) is 1.43. The molecule has 0 N–H and O–H groups in total. The number of methoxy groups -OCH3 is 1. The maximum absolute atomic E-state index is 10.8. The van der Waals surface area contributed by atoms with Gasteiger partial charge in [-0.25, -0.2) is 4.79 Å². The molecule has 1 aromatic rings. The van der Waals surface area contributed by atoms with Crippen LogP contribution in [0.1, 0.15) is 5.56 Å². The van der Waals surface area contributed by atoms with E-state index in [-0.39, 0.29) is 0 Å². The van der Waals surface area contributed by atoms with Gasteiger partial charge in [0.15, 0.2) is 0 Å². The average Bonchev–Trinajstić information content (AvgIpc) is 2.19. The maximum Gasteiger partial charge on any atom is 0.330 e. The van der Waals surface area contributed by atoms with Crippen molar-refractivity contribution in [2.75, 3.05) is 7.11 Å². The van der Waals surface area contributed by atoms with E-state index < -0.39 is 5.97 Å². The molecule has 1 rings (SSSR count). The highest BCUT2D eigenvalue weighted by molar-refractivity contribution is 9.10. The van der Waals surface area contributed by atoms with Crippen LogP contribution in [-0.4, -0.2) is 13.1 Å². The predicted molar refractivity (Wildman–Crippen MR) is 60.2 cm³/mol. The largest absolute Gasteiger partial charge is 0.466 e. The first-order valence-corrected chi connectivity index (χ1v) is 5.01. The molecular weight excluding hydrogens is 267 g/mol. The summed E-state index contributed by atoms with van der Waals surface area (Å²) in [4.78, 5) is 10.8. The summed E-state index contributed by atoms with van der Waals surface area (Å²) in [6, 6.07) is 5.34. The highest BCUT2D eigenvalue weighted by Crippen LogP contribution is 2.22. The van der Waals surface area contributed by atoms with Gasteiger partial charge in [-0.2, -0.15) is 0 Å². The zero-order valence-electron chi connectivity index (χ0n) is 7.46. The van der Waals surface area contributed by atoms with Crippen molar-refractivity contribution in [3.8, 4) is 0 Å². The number of rotatable bonds is 2. The Morgan fingerprint density at radius 2 is 2.29 bits per heavy atom. The van der Waals surface area contributed by atoms with Gasteiger partial charge in [0, 0.05) is 15.6 Å². The number of hydrogen-bond donors (Lipinski definition) is 0. The van der Waals surface area contributed by atoms with E-state index in [0.717, 1.165) is 10.0 Å². The quantitative estimate of drug-likeness (QED) is 0.611. The van der Waals surface area contributed by atoms with E-state index in [1.54, 1.807) is 18.2 Å². The van der Waals surface area contributed by atoms with Gasteiger partial charge in [-0.1, -0.05) is 27.5 Å². The molecule has 0 aliphatic heterocycles. The van der Waals surface area contributed by atoms with Gasteiger partial charge >= 0.3 is 5.97 Å². The minimum absolute atomic E-state index is 0.392. The summed E-state index contributed by atoms with van der Waals surface area (Å²) in [5.41, 5.74) is 0.836. The summed E-state index contributed by atoms with van der Waals surface area (Å²) < 4.78 is 5.34. The molecule has 0 heterocycles. The van der Waals surface area contributed by atoms with Crippen molar-refractivity contribution in [1.82, 2.24) is 0 Å². The third-order valence-electron chi connectivity index (χ3n) is 1.56. The summed E-state index contributed by atoms with van der Waals surface area (Å²) in [7, 11) is 1.33. The smallest absolute Gasteiger partial charge is 0.330 e. The van der Waals surface area contributed by atoms with Crippen molar-refractivity contribution in [3.05, 3.63) is 39.3 Å². The monoisotopic (exact) mass is 274 g/mol. The van der Waals surface area contributed by atoms with Crippen LogP contribution < -0.4 is 0 Å². The molecular formula is C10H8BrClO2. The van der Waals surface area contributed by atoms with Crippen LogP contribution in [0.15, 0.2) is 28.7 Å². The molecule has 0 fully saturated rings. The Bertz CT molecular complexity index is 374. The molecule has 0 aromatic heterocycles. The number of carbonyl (C=O) groups excluding carboxylic acids is 1. The SMILES string of the molecule is COC(=O)/C=C/c1cc(Cl)ccc1Br. The van der Waals surface area contributed by atoms with Crippen LogP contribution in [0.4, 0.5) is 0 Å². The molecule has 0 unspecified atom stereocenters. The van der Waals surface area contributed by atoms with Crippen LogP contribution in [0, 0.1) is 0 Å². The lowest BCUT2D eigenvalue weighted by Crippen LogP contribution is -1.93. The number of halogens is 2. The Morgan fingerprint density at radius 3 is 2.93 bits per heavy atom. The standard InChI is InChI=1S/C10H8BrClO2/c1-14-10(13)5-2-7-6-8(12)3-4-9(7)11/h2-6H,1H3/b5-2+. The highest BCUT2D eigenvalue weighted by Gasteiger charge is 1.98. The van der Waals surface area contributed by atoms with Gasteiger partial charge in [0.2, 0.25) is 0 Å². The fourth-order valence-electron chi connectivity index (χ4n) is 0.868. The molecule has 14 heavy (non-hydrogen) atoms. The third kappa shape index (κ3) is 3.16. The van der Waals surface area contributed by atoms with Gasteiger partial charge in [-0.05, 0) is 29.8 Å². The van der Waals surface area contributed by atoms with E-state index in [2.05, 4.69) is 20.7 Å². The molecule has 0 spiro atoms. The van der Waals surface area contributed by atoms with E-state index in [9.17, 15) is 4.79 Å². The summed E-state index contributed by atoms with van der Waals surface area (Å²) in [5.74, 6) is -0.392. The van der Waals surface area contributed by atoms with Crippen molar-refractivity contribution in [2.45, 2.75) is 0 Å². The predicted octanol–water partition coefficient (Wildman–Crippen LogP) is 3.29. The van der Waals surface area contributed by atoms with E-state index >= 15 is 0 Å². The molecule has 0 bridgehead atoms. The minimum Gasteiger partial charge on any atom is -0.466 e. The van der Waals surface area contributed by atoms with Crippen LogP contribution in [0.5, 0.6) is 0 Å². The second-order valence-electron chi connectivity index (χ2n) is 2.52. The topological polar surface area (TPSA) is 26.3 Å². The summed E-state index contributed by atoms with van der Waals surface area (Å²) in [5, 5.41) is 0.623. The fraction of sp³-hybridized carbons (Fsp3) is 0.100. The Labute approximate surface area is 95.6 Å². The van der Waals surface area contributed by atoms with Gasteiger partial charge in [0.05, 0.1) is 7.11 Å². The molecule has 1 aromatic carbocycles. The van der Waals surface area contributed by atoms with E-state index in [1.165, 1.54) is 13.2 Å². The molecule has 0 atom stereocenters. The molecule has 2 nitrogen and oxygen atoms in total. The molecule has 0 aliphatic rings. The van der Waals surface area contributed by atoms with Crippen molar-refractivity contribution in [3.63, 3.8) is 0 Å². The van der Waals surface area contributed by atoms with Gasteiger partial charge in [0.25, 0.3) is 0 Å². The maximum atomic E-state index is 10.8. The Morgan fingerprint density at radius 1 is 1.57 bits per heavy atom. The second kappa shape index (κ2) is 5.17. The second-order valence-corrected chi connectivity index (χ2v) is 3.81. The molecule has 0 radical (unpaired) electrons. The first kappa shape index (κ1) is 11.3. The highest BCUT2D eigenvalue weighted by atomic mass is 79.9. The summed E-state index contributed by atoms with van der Waals surface area (Å²) >= 11 is 9.14. The van der Waals surface area contributed by atoms with Crippen LogP contribution in [0.3, 0.4) is 0 Å². The molecule has 74 valence electrons. The van der Waals surface area contributed by atoms with E-state index in [1.807, 2.05) is 6.07 Å². The van der Waals surface area contributed by atoms with Gasteiger partial charge < -0.3 is 4.74 Å². The van der Waals surface area contributed by atoms with Crippen molar-refractivity contribution >= 4 is 39.6 Å². The zero-order chi connectivity index (χ0) is 10.6. The average molecular weight is 276 g/mol. The summed E-state index contributed by atoms with van der Waals surface area (Å²) in [6.07, 6.45) is 2.98. The number of hydrogen-bond acceptors (Lipinski definition) is 2. The lowest BCUT2D eigenvalue weighted by Gasteiger charge is -1.98. The number of esters is 1. The Balaban J connectivity index is 2.90. The van der Waals surface area contributed by atoms with Crippen molar-refractivity contribution < 1.29 is 9.53 Å². The van der Waals surface area contributed by atoms with Crippen molar-refractivity contribution in [2.24, 2.45) is 0 Å². The number of benzene rings is 1. The van der Waals surface area contributed by atoms with E-state index in [4.69, 9.17) is 11.6 Å². The lowest BCUT2D eigenvalue weighted by atomic mass is 10.2. The number of carbonyl (C=O) groups is 1.